The molecule has 0 bridgehead atoms. The SMILES string of the molecule is CN(C)CCCNCCC(=O)NCc1ccncc1. The van der Waals surface area contributed by atoms with Gasteiger partial charge in [0.05, 0.1) is 0 Å². The summed E-state index contributed by atoms with van der Waals surface area (Å²) in [7, 11) is 4.12. The number of pyridine rings is 1. The fraction of sp³-hybridized carbons (Fsp3) is 0.571. The largest absolute Gasteiger partial charge is 0.352 e. The van der Waals surface area contributed by atoms with Crippen molar-refractivity contribution in [3.8, 4) is 0 Å². The predicted molar refractivity (Wildman–Crippen MR) is 76.7 cm³/mol. The summed E-state index contributed by atoms with van der Waals surface area (Å²) in [5, 5.41) is 6.17. The Bertz CT molecular complexity index is 354. The molecule has 0 saturated heterocycles. The van der Waals surface area contributed by atoms with Crippen LogP contribution in [0.1, 0.15) is 18.4 Å². The molecular weight excluding hydrogens is 240 g/mol. The van der Waals surface area contributed by atoms with Crippen LogP contribution in [0.4, 0.5) is 0 Å². The molecule has 0 aromatic carbocycles. The van der Waals surface area contributed by atoms with E-state index in [1.807, 2.05) is 12.1 Å². The highest BCUT2D eigenvalue weighted by molar-refractivity contribution is 5.76. The van der Waals surface area contributed by atoms with Crippen molar-refractivity contribution in [1.82, 2.24) is 20.5 Å². The molecule has 1 aromatic heterocycles. The molecule has 0 fully saturated rings. The topological polar surface area (TPSA) is 57.3 Å². The Labute approximate surface area is 115 Å². The number of carbonyl (C=O) groups is 1. The second-order valence-electron chi connectivity index (χ2n) is 4.79. The molecule has 0 aliphatic carbocycles. The molecule has 0 aliphatic rings. The van der Waals surface area contributed by atoms with Crippen molar-refractivity contribution in [2.45, 2.75) is 19.4 Å². The lowest BCUT2D eigenvalue weighted by molar-refractivity contribution is -0.121. The van der Waals surface area contributed by atoms with E-state index in [0.29, 0.717) is 13.0 Å². The summed E-state index contributed by atoms with van der Waals surface area (Å²) in [5.74, 6) is 0.0805. The Morgan fingerprint density at radius 1 is 1.26 bits per heavy atom. The second kappa shape index (κ2) is 9.47. The summed E-state index contributed by atoms with van der Waals surface area (Å²) in [6.45, 7) is 3.33. The molecular formula is C14H24N4O. The van der Waals surface area contributed by atoms with E-state index in [9.17, 15) is 4.79 Å². The fourth-order valence-electron chi connectivity index (χ4n) is 1.64. The molecule has 0 radical (unpaired) electrons. The van der Waals surface area contributed by atoms with Gasteiger partial charge < -0.3 is 15.5 Å². The number of carbonyl (C=O) groups excluding carboxylic acids is 1. The van der Waals surface area contributed by atoms with Crippen LogP contribution >= 0.6 is 0 Å². The van der Waals surface area contributed by atoms with Gasteiger partial charge in [0.15, 0.2) is 0 Å². The second-order valence-corrected chi connectivity index (χ2v) is 4.79. The van der Waals surface area contributed by atoms with Crippen LogP contribution in [0, 0.1) is 0 Å². The average molecular weight is 264 g/mol. The van der Waals surface area contributed by atoms with Crippen molar-refractivity contribution in [3.05, 3.63) is 30.1 Å². The van der Waals surface area contributed by atoms with E-state index in [-0.39, 0.29) is 5.91 Å². The number of nitrogens with zero attached hydrogens (tertiary/aromatic N) is 2. The number of hydrogen-bond acceptors (Lipinski definition) is 4. The lowest BCUT2D eigenvalue weighted by atomic mass is 10.2. The third-order valence-corrected chi connectivity index (χ3v) is 2.73. The average Bonchev–Trinajstić information content (AvgIpc) is 2.41. The first-order valence-electron chi connectivity index (χ1n) is 6.69. The molecule has 1 heterocycles. The maximum atomic E-state index is 11.6. The summed E-state index contributed by atoms with van der Waals surface area (Å²) in [4.78, 5) is 17.7. The maximum absolute atomic E-state index is 11.6. The summed E-state index contributed by atoms with van der Waals surface area (Å²) in [6.07, 6.45) is 5.08. The van der Waals surface area contributed by atoms with Crippen LogP contribution in [0.2, 0.25) is 0 Å². The van der Waals surface area contributed by atoms with Crippen LogP contribution in [0.3, 0.4) is 0 Å². The van der Waals surface area contributed by atoms with Gasteiger partial charge in [0.2, 0.25) is 5.91 Å². The van der Waals surface area contributed by atoms with Crippen LogP contribution in [-0.2, 0) is 11.3 Å². The molecule has 19 heavy (non-hydrogen) atoms. The molecule has 5 nitrogen and oxygen atoms in total. The summed E-state index contributed by atoms with van der Waals surface area (Å²) >= 11 is 0. The van der Waals surface area contributed by atoms with Crippen molar-refractivity contribution in [2.24, 2.45) is 0 Å². The Morgan fingerprint density at radius 2 is 2.00 bits per heavy atom. The molecule has 1 amide bonds. The van der Waals surface area contributed by atoms with E-state index >= 15 is 0 Å². The first-order chi connectivity index (χ1) is 9.18. The zero-order valence-corrected chi connectivity index (χ0v) is 11.9. The van der Waals surface area contributed by atoms with Crippen LogP contribution in [-0.4, -0.2) is 49.5 Å². The van der Waals surface area contributed by atoms with E-state index < -0.39 is 0 Å². The third-order valence-electron chi connectivity index (χ3n) is 2.73. The van der Waals surface area contributed by atoms with Gasteiger partial charge in [-0.3, -0.25) is 9.78 Å². The Kier molecular flexibility index (Phi) is 7.77. The zero-order valence-electron chi connectivity index (χ0n) is 11.9. The Morgan fingerprint density at radius 3 is 2.68 bits per heavy atom. The van der Waals surface area contributed by atoms with Gasteiger partial charge in [-0.1, -0.05) is 0 Å². The minimum atomic E-state index is 0.0805. The van der Waals surface area contributed by atoms with Crippen LogP contribution in [0.25, 0.3) is 0 Å². The van der Waals surface area contributed by atoms with Crippen molar-refractivity contribution in [2.75, 3.05) is 33.7 Å². The van der Waals surface area contributed by atoms with Crippen molar-refractivity contribution < 1.29 is 4.79 Å². The fourth-order valence-corrected chi connectivity index (χ4v) is 1.64. The highest BCUT2D eigenvalue weighted by atomic mass is 16.1. The van der Waals surface area contributed by atoms with Gasteiger partial charge >= 0.3 is 0 Å². The van der Waals surface area contributed by atoms with Crippen molar-refractivity contribution in [3.63, 3.8) is 0 Å². The molecule has 1 rings (SSSR count). The van der Waals surface area contributed by atoms with Gasteiger partial charge in [-0.2, -0.15) is 0 Å². The molecule has 0 saturated carbocycles. The van der Waals surface area contributed by atoms with Crippen LogP contribution in [0.5, 0.6) is 0 Å². The quantitative estimate of drug-likeness (QED) is 0.642. The molecule has 1 aromatic rings. The zero-order chi connectivity index (χ0) is 13.9. The van der Waals surface area contributed by atoms with Crippen LogP contribution < -0.4 is 10.6 Å². The Hall–Kier alpha value is -1.46. The summed E-state index contributed by atoms with van der Waals surface area (Å²) in [5.41, 5.74) is 1.07. The van der Waals surface area contributed by atoms with E-state index in [0.717, 1.165) is 31.6 Å². The van der Waals surface area contributed by atoms with E-state index in [1.54, 1.807) is 12.4 Å². The molecule has 0 atom stereocenters. The third kappa shape index (κ3) is 8.29. The van der Waals surface area contributed by atoms with E-state index in [4.69, 9.17) is 0 Å². The summed E-state index contributed by atoms with van der Waals surface area (Å²) in [6, 6.07) is 3.81. The highest BCUT2D eigenvalue weighted by Gasteiger charge is 2.00. The number of rotatable bonds is 9. The molecule has 0 aliphatic heterocycles. The molecule has 0 unspecified atom stereocenters. The highest BCUT2D eigenvalue weighted by Crippen LogP contribution is 1.94. The van der Waals surface area contributed by atoms with Gasteiger partial charge in [0.1, 0.15) is 0 Å². The Balaban J connectivity index is 1.99. The normalized spacial score (nSPS) is 10.7. The smallest absolute Gasteiger partial charge is 0.221 e. The monoisotopic (exact) mass is 264 g/mol. The van der Waals surface area contributed by atoms with Gasteiger partial charge in [-0.05, 0) is 51.3 Å². The summed E-state index contributed by atoms with van der Waals surface area (Å²) < 4.78 is 0. The predicted octanol–water partition coefficient (Wildman–Crippen LogP) is 0.629. The van der Waals surface area contributed by atoms with Crippen molar-refractivity contribution >= 4 is 5.91 Å². The van der Waals surface area contributed by atoms with E-state index in [1.165, 1.54) is 0 Å². The first kappa shape index (κ1) is 15.6. The number of hydrogen-bond donors (Lipinski definition) is 2. The first-order valence-corrected chi connectivity index (χ1v) is 6.69. The molecule has 2 N–H and O–H groups in total. The minimum absolute atomic E-state index is 0.0805. The minimum Gasteiger partial charge on any atom is -0.352 e. The lowest BCUT2D eigenvalue weighted by Gasteiger charge is -2.10. The van der Waals surface area contributed by atoms with Gasteiger partial charge in [-0.25, -0.2) is 0 Å². The maximum Gasteiger partial charge on any atom is 0.221 e. The number of nitrogens with one attached hydrogen (secondary N) is 2. The van der Waals surface area contributed by atoms with Gasteiger partial charge in [0.25, 0.3) is 0 Å². The van der Waals surface area contributed by atoms with Gasteiger partial charge in [0, 0.05) is 31.9 Å². The number of aromatic nitrogens is 1. The van der Waals surface area contributed by atoms with Crippen molar-refractivity contribution in [1.29, 1.82) is 0 Å². The molecule has 5 heteroatoms. The molecule has 106 valence electrons. The lowest BCUT2D eigenvalue weighted by Crippen LogP contribution is -2.28. The van der Waals surface area contributed by atoms with Crippen LogP contribution in [0.15, 0.2) is 24.5 Å². The molecule has 0 spiro atoms. The van der Waals surface area contributed by atoms with E-state index in [2.05, 4.69) is 34.6 Å². The number of amides is 1. The van der Waals surface area contributed by atoms with Gasteiger partial charge in [-0.15, -0.1) is 0 Å². The standard InChI is InChI=1S/C14H24N4O/c1-18(2)11-3-7-15-10-6-14(19)17-12-13-4-8-16-9-5-13/h4-5,8-9,15H,3,6-7,10-12H2,1-2H3,(H,17,19).